The molecule has 144 valence electrons. The van der Waals surface area contributed by atoms with Crippen LogP contribution in [0.25, 0.3) is 0 Å². The summed E-state index contributed by atoms with van der Waals surface area (Å²) < 4.78 is 0. The summed E-state index contributed by atoms with van der Waals surface area (Å²) in [7, 11) is 0. The van der Waals surface area contributed by atoms with Gasteiger partial charge in [-0.25, -0.2) is 0 Å². The zero-order valence-corrected chi connectivity index (χ0v) is 17.6. The predicted molar refractivity (Wildman–Crippen MR) is 117 cm³/mol. The molecule has 26 heavy (non-hydrogen) atoms. The van der Waals surface area contributed by atoms with Crippen LogP contribution in [0.15, 0.2) is 40.5 Å². The highest BCUT2D eigenvalue weighted by Gasteiger charge is 2.32. The van der Waals surface area contributed by atoms with Gasteiger partial charge in [-0.3, -0.25) is 4.99 Å². The first-order valence-electron chi connectivity index (χ1n) is 9.34. The van der Waals surface area contributed by atoms with E-state index in [0.717, 1.165) is 36.6 Å². The summed E-state index contributed by atoms with van der Waals surface area (Å²) >= 11 is 13.9. The van der Waals surface area contributed by atoms with Crippen molar-refractivity contribution in [1.82, 2.24) is 5.32 Å². The lowest BCUT2D eigenvalue weighted by Gasteiger charge is -2.28. The molecule has 6 heteroatoms. The molecule has 0 aliphatic heterocycles. The van der Waals surface area contributed by atoms with Gasteiger partial charge in [0.25, 0.3) is 0 Å². The van der Waals surface area contributed by atoms with Crippen molar-refractivity contribution in [2.75, 3.05) is 18.8 Å². The van der Waals surface area contributed by atoms with Gasteiger partial charge in [-0.2, -0.15) is 0 Å². The topological polar surface area (TPSA) is 50.4 Å². The first-order chi connectivity index (χ1) is 12.7. The normalized spacial score (nSPS) is 16.7. The number of hydrogen-bond donors (Lipinski definition) is 2. The summed E-state index contributed by atoms with van der Waals surface area (Å²) in [6, 6.07) is 5.71. The molecule has 1 aromatic rings. The molecule has 1 aromatic carbocycles. The smallest absolute Gasteiger partial charge is 0.0728 e. The number of halogens is 2. The number of hydrogen-bond acceptors (Lipinski definition) is 4. The highest BCUT2D eigenvalue weighted by molar-refractivity contribution is 7.99. The molecule has 0 radical (unpaired) electrons. The summed E-state index contributed by atoms with van der Waals surface area (Å²) in [5, 5.41) is 4.59. The summed E-state index contributed by atoms with van der Waals surface area (Å²) in [5.41, 5.74) is 6.27. The maximum atomic E-state index is 6.17. The molecule has 0 saturated heterocycles. The van der Waals surface area contributed by atoms with E-state index in [1.54, 1.807) is 17.8 Å². The molecule has 0 bridgehead atoms. The van der Waals surface area contributed by atoms with Gasteiger partial charge in [-0.15, -0.1) is 11.8 Å². The number of benzene rings is 1. The molecule has 1 saturated carbocycles. The van der Waals surface area contributed by atoms with Crippen LogP contribution < -0.4 is 11.1 Å². The summed E-state index contributed by atoms with van der Waals surface area (Å²) in [6.07, 6.45) is 14.3. The van der Waals surface area contributed by atoms with Gasteiger partial charge in [0.2, 0.25) is 0 Å². The van der Waals surface area contributed by atoms with Gasteiger partial charge >= 0.3 is 0 Å². The zero-order valence-electron chi connectivity index (χ0n) is 15.2. The lowest BCUT2D eigenvalue weighted by Crippen LogP contribution is -2.25. The minimum Gasteiger partial charge on any atom is -0.390 e. The number of nitrogens with zero attached hydrogens (tertiary/aromatic N) is 1. The molecule has 0 unspecified atom stereocenters. The van der Waals surface area contributed by atoms with Gasteiger partial charge in [-0.05, 0) is 56.2 Å². The van der Waals surface area contributed by atoms with Crippen molar-refractivity contribution in [1.29, 1.82) is 0 Å². The highest BCUT2D eigenvalue weighted by atomic mass is 35.5. The molecule has 0 heterocycles. The van der Waals surface area contributed by atoms with E-state index in [4.69, 9.17) is 28.9 Å². The Morgan fingerprint density at radius 2 is 2.04 bits per heavy atom. The Bertz CT molecular complexity index is 599. The standard InChI is InChI=1S/C20H29Cl2N3S/c21-17-5-3-6-18(19(17)22)26-16-4-12-24-14-15-25-13-10-20(9-11-23)7-1-2-8-20/h3,5-6,12,14-15,25H,1-2,4,7-11,13,16,23H2/b15-14+,24-12?. The van der Waals surface area contributed by atoms with Crippen LogP contribution in [0.3, 0.4) is 0 Å². The Hall–Kier alpha value is -0.680. The van der Waals surface area contributed by atoms with E-state index < -0.39 is 0 Å². The number of aliphatic imine (C=N–C) groups is 1. The second kappa shape index (κ2) is 11.9. The van der Waals surface area contributed by atoms with Gasteiger partial charge in [0.15, 0.2) is 0 Å². The number of thioether (sulfide) groups is 1. The van der Waals surface area contributed by atoms with Crippen LogP contribution in [0.4, 0.5) is 0 Å². The largest absolute Gasteiger partial charge is 0.390 e. The van der Waals surface area contributed by atoms with Gasteiger partial charge in [0, 0.05) is 35.8 Å². The average molecular weight is 414 g/mol. The summed E-state index contributed by atoms with van der Waals surface area (Å²) in [4.78, 5) is 5.32. The van der Waals surface area contributed by atoms with Crippen LogP contribution in [0.1, 0.15) is 44.9 Å². The Labute approximate surface area is 171 Å². The lowest BCUT2D eigenvalue weighted by molar-refractivity contribution is 0.253. The molecule has 0 amide bonds. The molecule has 3 N–H and O–H groups in total. The minimum atomic E-state index is 0.484. The van der Waals surface area contributed by atoms with E-state index in [9.17, 15) is 0 Å². The van der Waals surface area contributed by atoms with Gasteiger partial charge < -0.3 is 11.1 Å². The zero-order chi connectivity index (χ0) is 18.7. The predicted octanol–water partition coefficient (Wildman–Crippen LogP) is 5.91. The molecule has 0 spiro atoms. The van der Waals surface area contributed by atoms with E-state index in [1.165, 1.54) is 32.1 Å². The maximum absolute atomic E-state index is 6.17. The minimum absolute atomic E-state index is 0.484. The van der Waals surface area contributed by atoms with Crippen LogP contribution in [-0.4, -0.2) is 25.1 Å². The molecular weight excluding hydrogens is 385 g/mol. The van der Waals surface area contributed by atoms with E-state index in [0.29, 0.717) is 15.5 Å². The van der Waals surface area contributed by atoms with Crippen molar-refractivity contribution < 1.29 is 0 Å². The third-order valence-electron chi connectivity index (χ3n) is 4.94. The Kier molecular flexibility index (Phi) is 9.91. The van der Waals surface area contributed by atoms with Crippen molar-refractivity contribution in [2.24, 2.45) is 16.1 Å². The molecule has 1 aliphatic carbocycles. The SMILES string of the molecule is NCCC1(CCN/C=C/N=CCCSc2cccc(Cl)c2Cl)CCCC1. The van der Waals surface area contributed by atoms with E-state index in [2.05, 4.69) is 10.3 Å². The summed E-state index contributed by atoms with van der Waals surface area (Å²) in [6.45, 7) is 1.80. The lowest BCUT2D eigenvalue weighted by atomic mass is 9.79. The summed E-state index contributed by atoms with van der Waals surface area (Å²) in [5.74, 6) is 0.923. The van der Waals surface area contributed by atoms with E-state index in [-0.39, 0.29) is 0 Å². The highest BCUT2D eigenvalue weighted by Crippen LogP contribution is 2.43. The number of rotatable bonds is 11. The van der Waals surface area contributed by atoms with Crippen LogP contribution in [-0.2, 0) is 0 Å². The fourth-order valence-corrected chi connectivity index (χ4v) is 4.90. The Morgan fingerprint density at radius 1 is 1.23 bits per heavy atom. The fourth-order valence-electron chi connectivity index (χ4n) is 3.53. The average Bonchev–Trinajstić information content (AvgIpc) is 3.09. The molecule has 3 nitrogen and oxygen atoms in total. The van der Waals surface area contributed by atoms with Crippen molar-refractivity contribution in [3.63, 3.8) is 0 Å². The third kappa shape index (κ3) is 7.15. The van der Waals surface area contributed by atoms with E-state index in [1.807, 2.05) is 30.7 Å². The van der Waals surface area contributed by atoms with Crippen LogP contribution in [0.5, 0.6) is 0 Å². The van der Waals surface area contributed by atoms with Gasteiger partial charge in [0.05, 0.1) is 10.0 Å². The second-order valence-corrected chi connectivity index (χ2v) is 8.71. The molecular formula is C20H29Cl2N3S. The quantitative estimate of drug-likeness (QED) is 0.269. The third-order valence-corrected chi connectivity index (χ3v) is 6.97. The molecule has 2 rings (SSSR count). The van der Waals surface area contributed by atoms with E-state index >= 15 is 0 Å². The van der Waals surface area contributed by atoms with Crippen molar-refractivity contribution in [3.8, 4) is 0 Å². The van der Waals surface area contributed by atoms with Crippen molar-refractivity contribution in [3.05, 3.63) is 40.6 Å². The van der Waals surface area contributed by atoms with Crippen LogP contribution >= 0.6 is 35.0 Å². The van der Waals surface area contributed by atoms with Gasteiger partial charge in [0.1, 0.15) is 0 Å². The monoisotopic (exact) mass is 413 g/mol. The Morgan fingerprint density at radius 3 is 2.81 bits per heavy atom. The van der Waals surface area contributed by atoms with Crippen LogP contribution in [0, 0.1) is 5.41 Å². The van der Waals surface area contributed by atoms with Crippen molar-refractivity contribution in [2.45, 2.75) is 49.8 Å². The second-order valence-electron chi connectivity index (χ2n) is 6.79. The Balaban J connectivity index is 1.58. The first-order valence-corrected chi connectivity index (χ1v) is 11.1. The first kappa shape index (κ1) is 21.6. The number of nitrogens with one attached hydrogen (secondary N) is 1. The molecule has 1 fully saturated rings. The van der Waals surface area contributed by atoms with Crippen LogP contribution in [0.2, 0.25) is 10.0 Å². The van der Waals surface area contributed by atoms with Gasteiger partial charge in [-0.1, -0.05) is 42.1 Å². The number of nitrogens with two attached hydrogens (primary N) is 1. The molecule has 1 aliphatic rings. The fraction of sp³-hybridized carbons (Fsp3) is 0.550. The van der Waals surface area contributed by atoms with Crippen molar-refractivity contribution >= 4 is 41.2 Å². The maximum Gasteiger partial charge on any atom is 0.0728 e. The molecule has 0 aromatic heterocycles. The molecule has 0 atom stereocenters.